The largest absolute Gasteiger partial charge is 0.443 e. The van der Waals surface area contributed by atoms with Crippen LogP contribution < -0.4 is 10.7 Å². The molecule has 0 fully saturated rings. The quantitative estimate of drug-likeness (QED) is 0.220. The molecule has 0 aliphatic rings. The van der Waals surface area contributed by atoms with Crippen molar-refractivity contribution in [2.24, 2.45) is 0 Å². The number of ether oxygens (including phenoxy) is 1. The number of hydrogen-bond acceptors (Lipinski definition) is 8. The molecule has 0 aliphatic carbocycles. The Balaban J connectivity index is 2.03. The average Bonchev–Trinajstić information content (AvgIpc) is 3.34. The van der Waals surface area contributed by atoms with E-state index in [1.54, 1.807) is 20.8 Å². The Morgan fingerprint density at radius 3 is 2.46 bits per heavy atom. The van der Waals surface area contributed by atoms with Crippen molar-refractivity contribution in [1.29, 1.82) is 0 Å². The third kappa shape index (κ3) is 7.42. The Morgan fingerprint density at radius 2 is 1.92 bits per heavy atom. The first kappa shape index (κ1) is 29.3. The fourth-order valence-electron chi connectivity index (χ4n) is 3.63. The lowest BCUT2D eigenvalue weighted by Gasteiger charge is -2.42. The molecule has 3 N–H and O–H groups in total. The molecule has 3 aromatic rings. The summed E-state index contributed by atoms with van der Waals surface area (Å²) in [6, 6.07) is 6.71. The summed E-state index contributed by atoms with van der Waals surface area (Å²) in [5.41, 5.74) is -0.747. The number of halogens is 2. The highest BCUT2D eigenvalue weighted by molar-refractivity contribution is 7.80. The van der Waals surface area contributed by atoms with E-state index < -0.39 is 39.9 Å². The van der Waals surface area contributed by atoms with Gasteiger partial charge < -0.3 is 15.2 Å². The molecular formula is C24H27F2N7O5S. The van der Waals surface area contributed by atoms with E-state index in [1.807, 2.05) is 0 Å². The number of non-ortho nitro benzene ring substituents is 1. The standard InChI is InChI=1S/C24H27F2N7O5S/c1-15(24(35,12-31-14-27-13-28-31)19-10-5-16(25)11-20(19)26)32(30-22(34)38-23(2,3)4)21(39)29-17-6-8-18(9-7-17)33(36)37/h5-11,13-15,35H,12H2,1-4H3,(H,29,39)(H,30,34)/t15-,24-/m1/s1. The van der Waals surface area contributed by atoms with E-state index in [0.717, 1.165) is 17.1 Å². The Morgan fingerprint density at radius 1 is 1.26 bits per heavy atom. The van der Waals surface area contributed by atoms with Gasteiger partial charge in [-0.25, -0.2) is 28.7 Å². The first-order valence-electron chi connectivity index (χ1n) is 11.5. The van der Waals surface area contributed by atoms with E-state index in [4.69, 9.17) is 17.0 Å². The molecule has 0 spiro atoms. The average molecular weight is 564 g/mol. The summed E-state index contributed by atoms with van der Waals surface area (Å²) in [5.74, 6) is -1.90. The maximum Gasteiger partial charge on any atom is 0.426 e. The molecule has 2 aromatic carbocycles. The van der Waals surface area contributed by atoms with Gasteiger partial charge in [0, 0.05) is 29.4 Å². The molecule has 0 unspecified atom stereocenters. The molecule has 15 heteroatoms. The Hall–Kier alpha value is -4.24. The number of nitro groups is 1. The number of hydrazine groups is 1. The van der Waals surface area contributed by atoms with Crippen molar-refractivity contribution in [2.45, 2.75) is 51.5 Å². The highest BCUT2D eigenvalue weighted by atomic mass is 32.1. The van der Waals surface area contributed by atoms with Crippen molar-refractivity contribution in [3.63, 3.8) is 0 Å². The molecule has 0 bridgehead atoms. The van der Waals surface area contributed by atoms with Gasteiger partial charge >= 0.3 is 6.09 Å². The predicted molar refractivity (Wildman–Crippen MR) is 140 cm³/mol. The molecule has 0 radical (unpaired) electrons. The molecule has 3 rings (SSSR count). The maximum atomic E-state index is 15.1. The number of aliphatic hydroxyl groups is 1. The van der Waals surface area contributed by atoms with Crippen molar-refractivity contribution in [3.8, 4) is 0 Å². The van der Waals surface area contributed by atoms with E-state index in [1.165, 1.54) is 48.5 Å². The van der Waals surface area contributed by atoms with Crippen LogP contribution in [0.5, 0.6) is 0 Å². The van der Waals surface area contributed by atoms with Crippen molar-refractivity contribution >= 4 is 34.8 Å². The smallest absolute Gasteiger partial charge is 0.426 e. The van der Waals surface area contributed by atoms with Gasteiger partial charge in [-0.15, -0.1) is 0 Å². The van der Waals surface area contributed by atoms with Crippen molar-refractivity contribution in [2.75, 3.05) is 5.32 Å². The molecule has 1 amide bonds. The van der Waals surface area contributed by atoms with E-state index in [9.17, 15) is 24.4 Å². The maximum absolute atomic E-state index is 15.1. The number of benzene rings is 2. The summed E-state index contributed by atoms with van der Waals surface area (Å²) in [6.45, 7) is 6.00. The highest BCUT2D eigenvalue weighted by Gasteiger charge is 2.44. The number of hydrogen-bond donors (Lipinski definition) is 3. The number of rotatable bonds is 7. The molecular weight excluding hydrogens is 536 g/mol. The minimum Gasteiger partial charge on any atom is -0.443 e. The lowest BCUT2D eigenvalue weighted by Crippen LogP contribution is -2.61. The zero-order valence-electron chi connectivity index (χ0n) is 21.5. The highest BCUT2D eigenvalue weighted by Crippen LogP contribution is 2.33. The van der Waals surface area contributed by atoms with Crippen LogP contribution >= 0.6 is 12.2 Å². The minimum absolute atomic E-state index is 0.155. The second-order valence-corrected chi connectivity index (χ2v) is 9.92. The van der Waals surface area contributed by atoms with Gasteiger partial charge in [0.1, 0.15) is 35.5 Å². The van der Waals surface area contributed by atoms with Crippen LogP contribution in [-0.2, 0) is 16.9 Å². The van der Waals surface area contributed by atoms with E-state index in [2.05, 4.69) is 20.8 Å². The molecule has 39 heavy (non-hydrogen) atoms. The zero-order chi connectivity index (χ0) is 29.0. The predicted octanol–water partition coefficient (Wildman–Crippen LogP) is 3.88. The second kappa shape index (κ2) is 11.7. The number of carbonyl (C=O) groups is 1. The van der Waals surface area contributed by atoms with E-state index >= 15 is 4.39 Å². The fourth-order valence-corrected chi connectivity index (χ4v) is 3.95. The van der Waals surface area contributed by atoms with Crippen molar-refractivity contribution in [1.82, 2.24) is 25.2 Å². The van der Waals surface area contributed by atoms with Gasteiger partial charge in [-0.3, -0.25) is 15.1 Å². The third-order valence-electron chi connectivity index (χ3n) is 5.50. The van der Waals surface area contributed by atoms with Gasteiger partial charge in [-0.2, -0.15) is 5.10 Å². The Kier molecular flexibility index (Phi) is 8.76. The van der Waals surface area contributed by atoms with Gasteiger partial charge in [0.2, 0.25) is 0 Å². The molecule has 208 valence electrons. The van der Waals surface area contributed by atoms with Crippen molar-refractivity contribution in [3.05, 3.63) is 82.4 Å². The lowest BCUT2D eigenvalue weighted by molar-refractivity contribution is -0.384. The van der Waals surface area contributed by atoms with Gasteiger partial charge in [-0.1, -0.05) is 6.07 Å². The van der Waals surface area contributed by atoms with Gasteiger partial charge in [0.15, 0.2) is 5.11 Å². The number of carbonyl (C=O) groups excluding carboxylic acids is 1. The minimum atomic E-state index is -2.18. The van der Waals surface area contributed by atoms with Gasteiger partial charge in [0.25, 0.3) is 5.69 Å². The molecule has 2 atom stereocenters. The number of thiocarbonyl (C=S) groups is 1. The number of amides is 1. The van der Waals surface area contributed by atoms with E-state index in [-0.39, 0.29) is 22.9 Å². The summed E-state index contributed by atoms with van der Waals surface area (Å²) in [6.07, 6.45) is 1.56. The van der Waals surface area contributed by atoms with E-state index in [0.29, 0.717) is 11.8 Å². The third-order valence-corrected chi connectivity index (χ3v) is 5.80. The van der Waals surface area contributed by atoms with Crippen LogP contribution in [0, 0.1) is 21.7 Å². The van der Waals surface area contributed by atoms with Crippen LogP contribution in [0.2, 0.25) is 0 Å². The molecule has 1 aromatic heterocycles. The van der Waals surface area contributed by atoms with Crippen LogP contribution in [0.25, 0.3) is 0 Å². The molecule has 0 aliphatic heterocycles. The first-order valence-corrected chi connectivity index (χ1v) is 11.9. The van der Waals surface area contributed by atoms with Crippen LogP contribution in [0.3, 0.4) is 0 Å². The number of nitrogens with zero attached hydrogens (tertiary/aromatic N) is 5. The Labute approximate surface area is 227 Å². The summed E-state index contributed by atoms with van der Waals surface area (Å²) in [7, 11) is 0. The van der Waals surface area contributed by atoms with Gasteiger partial charge in [-0.05, 0) is 58.1 Å². The normalized spacial score (nSPS) is 13.6. The summed E-state index contributed by atoms with van der Waals surface area (Å²) in [4.78, 5) is 27.0. The molecule has 0 saturated heterocycles. The van der Waals surface area contributed by atoms with Crippen LogP contribution in [0.1, 0.15) is 33.3 Å². The van der Waals surface area contributed by atoms with Gasteiger partial charge in [0.05, 0.1) is 17.5 Å². The molecule has 0 saturated carbocycles. The second-order valence-electron chi connectivity index (χ2n) is 9.54. The lowest BCUT2D eigenvalue weighted by atomic mass is 9.86. The Bertz CT molecular complexity index is 1340. The summed E-state index contributed by atoms with van der Waals surface area (Å²) in [5, 5.41) is 30.6. The number of nitro benzene ring substituents is 1. The van der Waals surface area contributed by atoms with Crippen LogP contribution in [-0.4, -0.2) is 52.7 Å². The number of aromatic nitrogens is 3. The van der Waals surface area contributed by atoms with Crippen LogP contribution in [0.4, 0.5) is 25.0 Å². The number of anilines is 1. The monoisotopic (exact) mass is 563 g/mol. The number of nitrogens with one attached hydrogen (secondary N) is 2. The summed E-state index contributed by atoms with van der Waals surface area (Å²) >= 11 is 5.51. The topological polar surface area (TPSA) is 148 Å². The van der Waals surface area contributed by atoms with Crippen molar-refractivity contribution < 1.29 is 28.3 Å². The molecule has 12 nitrogen and oxygen atoms in total. The molecule has 1 heterocycles. The summed E-state index contributed by atoms with van der Waals surface area (Å²) < 4.78 is 35.4. The first-order chi connectivity index (χ1) is 18.2. The zero-order valence-corrected chi connectivity index (χ0v) is 22.3. The SMILES string of the molecule is C[C@@H](N(NC(=O)OC(C)(C)C)C(=S)Nc1ccc([N+](=O)[O-])cc1)[C@](O)(Cn1cncn1)c1ccc(F)cc1F. The van der Waals surface area contributed by atoms with Crippen LogP contribution in [0.15, 0.2) is 55.1 Å². The fraction of sp³-hybridized carbons (Fsp3) is 0.333.